The summed E-state index contributed by atoms with van der Waals surface area (Å²) in [4.78, 5) is 0. The summed E-state index contributed by atoms with van der Waals surface area (Å²) in [6.45, 7) is 9.13. The van der Waals surface area contributed by atoms with Gasteiger partial charge in [-0.25, -0.2) is 13.1 Å². The summed E-state index contributed by atoms with van der Waals surface area (Å²) < 4.78 is 28.4. The van der Waals surface area contributed by atoms with Gasteiger partial charge >= 0.3 is 0 Å². The monoisotopic (exact) mass is 314 g/mol. The lowest BCUT2D eigenvalue weighted by molar-refractivity contribution is 0.127. The van der Waals surface area contributed by atoms with Crippen molar-refractivity contribution in [3.8, 4) is 0 Å². The fourth-order valence-electron chi connectivity index (χ4n) is 4.61. The Labute approximate surface area is 129 Å². The molecule has 0 radical (unpaired) electrons. The zero-order chi connectivity index (χ0) is 15.5. The lowest BCUT2D eigenvalue weighted by atomic mass is 9.69. The number of nitrogens with one attached hydrogen (secondary N) is 2. The van der Waals surface area contributed by atoms with Gasteiger partial charge in [-0.1, -0.05) is 20.8 Å². The second kappa shape index (κ2) is 4.93. The van der Waals surface area contributed by atoms with Gasteiger partial charge in [0.25, 0.3) is 0 Å². The number of fused-ring (bicyclic) bond motifs is 2. The molecular weight excluding hydrogens is 284 g/mol. The zero-order valence-corrected chi connectivity index (χ0v) is 14.6. The van der Waals surface area contributed by atoms with Crippen LogP contribution in [-0.2, 0) is 10.0 Å². The first-order valence-corrected chi connectivity index (χ1v) is 9.94. The van der Waals surface area contributed by atoms with Crippen LogP contribution in [0.4, 0.5) is 0 Å². The molecule has 0 spiro atoms. The Morgan fingerprint density at radius 3 is 2.38 bits per heavy atom. The molecule has 3 aliphatic carbocycles. The topological polar surface area (TPSA) is 58.2 Å². The molecule has 0 saturated heterocycles. The average molecular weight is 314 g/mol. The zero-order valence-electron chi connectivity index (χ0n) is 13.8. The van der Waals surface area contributed by atoms with Crippen molar-refractivity contribution in [2.24, 2.45) is 16.7 Å². The summed E-state index contributed by atoms with van der Waals surface area (Å²) in [6.07, 6.45) is 5.95. The summed E-state index contributed by atoms with van der Waals surface area (Å²) in [5, 5.41) is 2.97. The molecule has 0 heterocycles. The van der Waals surface area contributed by atoms with Crippen LogP contribution >= 0.6 is 0 Å². The van der Waals surface area contributed by atoms with Crippen molar-refractivity contribution in [1.82, 2.24) is 10.0 Å². The Kier molecular flexibility index (Phi) is 3.70. The van der Waals surface area contributed by atoms with Gasteiger partial charge in [0.2, 0.25) is 10.0 Å². The fraction of sp³-hybridized carbons (Fsp3) is 1.00. The Balaban J connectivity index is 1.69. The molecule has 4 nitrogen and oxygen atoms in total. The summed E-state index contributed by atoms with van der Waals surface area (Å²) >= 11 is 0. The van der Waals surface area contributed by atoms with E-state index in [0.29, 0.717) is 18.5 Å². The molecule has 4 unspecified atom stereocenters. The van der Waals surface area contributed by atoms with Crippen LogP contribution in [0.25, 0.3) is 0 Å². The number of hydrogen-bond acceptors (Lipinski definition) is 3. The van der Waals surface area contributed by atoms with Crippen molar-refractivity contribution in [1.29, 1.82) is 0 Å². The largest absolute Gasteiger partial charge is 0.313 e. The van der Waals surface area contributed by atoms with Gasteiger partial charge in [0, 0.05) is 18.6 Å². The lowest BCUT2D eigenvalue weighted by Crippen LogP contribution is -2.54. The molecular formula is C16H30N2O2S. The predicted octanol–water partition coefficient (Wildman–Crippen LogP) is 2.26. The molecule has 0 aromatic carbocycles. The average Bonchev–Trinajstić information content (AvgIpc) is 3.10. The molecule has 5 heteroatoms. The second-order valence-corrected chi connectivity index (χ2v) is 10.6. The molecule has 0 aromatic rings. The fourth-order valence-corrected chi connectivity index (χ4v) is 6.07. The minimum absolute atomic E-state index is 0.0731. The van der Waals surface area contributed by atoms with E-state index in [1.54, 1.807) is 0 Å². The first-order valence-electron chi connectivity index (χ1n) is 8.40. The van der Waals surface area contributed by atoms with Crippen molar-refractivity contribution in [3.05, 3.63) is 0 Å². The maximum Gasteiger partial charge on any atom is 0.215 e. The third kappa shape index (κ3) is 2.77. The summed E-state index contributed by atoms with van der Waals surface area (Å²) in [6, 6.07) is 0.635. The molecule has 2 N–H and O–H groups in total. The van der Waals surface area contributed by atoms with Gasteiger partial charge in [-0.15, -0.1) is 0 Å². The summed E-state index contributed by atoms with van der Waals surface area (Å²) in [5.41, 5.74) is 0.217. The van der Waals surface area contributed by atoms with Crippen LogP contribution < -0.4 is 10.0 Å². The van der Waals surface area contributed by atoms with E-state index in [0.717, 1.165) is 6.42 Å². The standard InChI is InChI=1S/C16H30N2O2S/c1-11(10-17-13-5-6-13)21(19,20)18-14-15(2,3)12-7-8-16(14,4)9-12/h11-14,17-18H,5-10H2,1-4H3. The molecule has 2 bridgehead atoms. The minimum Gasteiger partial charge on any atom is -0.313 e. The van der Waals surface area contributed by atoms with Crippen molar-refractivity contribution >= 4 is 10.0 Å². The molecule has 3 rings (SSSR count). The molecule has 4 atom stereocenters. The highest BCUT2D eigenvalue weighted by Crippen LogP contribution is 2.62. The molecule has 122 valence electrons. The van der Waals surface area contributed by atoms with E-state index in [4.69, 9.17) is 0 Å². The Bertz CT molecular complexity index is 508. The van der Waals surface area contributed by atoms with Gasteiger partial charge in [-0.05, 0) is 55.8 Å². The SMILES string of the molecule is CC(CNC1CC1)S(=O)(=O)NC1C2(C)CCC(C2)C1(C)C. The van der Waals surface area contributed by atoms with Crippen LogP contribution in [0.1, 0.15) is 59.8 Å². The van der Waals surface area contributed by atoms with Crippen molar-refractivity contribution < 1.29 is 8.42 Å². The van der Waals surface area contributed by atoms with Crippen LogP contribution in [-0.4, -0.2) is 32.3 Å². The molecule has 0 amide bonds. The number of rotatable bonds is 6. The molecule has 21 heavy (non-hydrogen) atoms. The van der Waals surface area contributed by atoms with Crippen molar-refractivity contribution in [3.63, 3.8) is 0 Å². The van der Waals surface area contributed by atoms with Gasteiger partial charge in [0.1, 0.15) is 0 Å². The van der Waals surface area contributed by atoms with E-state index in [1.807, 2.05) is 6.92 Å². The van der Waals surface area contributed by atoms with E-state index >= 15 is 0 Å². The highest BCUT2D eigenvalue weighted by atomic mass is 32.2. The third-order valence-corrected chi connectivity index (χ3v) is 8.14. The highest BCUT2D eigenvalue weighted by molar-refractivity contribution is 7.90. The van der Waals surface area contributed by atoms with E-state index in [1.165, 1.54) is 25.7 Å². The Morgan fingerprint density at radius 2 is 1.86 bits per heavy atom. The summed E-state index contributed by atoms with van der Waals surface area (Å²) in [7, 11) is -3.26. The van der Waals surface area contributed by atoms with Gasteiger partial charge < -0.3 is 5.32 Å². The van der Waals surface area contributed by atoms with E-state index in [2.05, 4.69) is 30.8 Å². The van der Waals surface area contributed by atoms with E-state index in [9.17, 15) is 8.42 Å². The third-order valence-electron chi connectivity index (χ3n) is 6.35. The maximum atomic E-state index is 12.7. The number of sulfonamides is 1. The van der Waals surface area contributed by atoms with Crippen molar-refractivity contribution in [2.75, 3.05) is 6.54 Å². The highest BCUT2D eigenvalue weighted by Gasteiger charge is 2.60. The lowest BCUT2D eigenvalue weighted by Gasteiger charge is -2.43. The first-order chi connectivity index (χ1) is 9.65. The van der Waals surface area contributed by atoms with Gasteiger partial charge in [-0.2, -0.15) is 0 Å². The van der Waals surface area contributed by atoms with Gasteiger partial charge in [-0.3, -0.25) is 0 Å². The summed E-state index contributed by atoms with van der Waals surface area (Å²) in [5.74, 6) is 0.662. The van der Waals surface area contributed by atoms with E-state index in [-0.39, 0.29) is 22.1 Å². The van der Waals surface area contributed by atoms with E-state index < -0.39 is 10.0 Å². The van der Waals surface area contributed by atoms with Crippen LogP contribution in [0.2, 0.25) is 0 Å². The van der Waals surface area contributed by atoms with Crippen LogP contribution in [0.5, 0.6) is 0 Å². The quantitative estimate of drug-likeness (QED) is 0.790. The molecule has 3 aliphatic rings. The molecule has 3 saturated carbocycles. The normalized spacial score (nSPS) is 39.6. The molecule has 3 fully saturated rings. The van der Waals surface area contributed by atoms with Crippen LogP contribution in [0.3, 0.4) is 0 Å². The van der Waals surface area contributed by atoms with Gasteiger partial charge in [0.05, 0.1) is 5.25 Å². The molecule has 0 aromatic heterocycles. The molecule has 0 aliphatic heterocycles. The number of hydrogen-bond donors (Lipinski definition) is 2. The second-order valence-electron chi connectivity index (χ2n) is 8.50. The van der Waals surface area contributed by atoms with Gasteiger partial charge in [0.15, 0.2) is 0 Å². The van der Waals surface area contributed by atoms with Crippen LogP contribution in [0, 0.1) is 16.7 Å². The Morgan fingerprint density at radius 1 is 1.19 bits per heavy atom. The Hall–Kier alpha value is -0.130. The maximum absolute atomic E-state index is 12.7. The van der Waals surface area contributed by atoms with Crippen molar-refractivity contribution in [2.45, 2.75) is 77.1 Å². The minimum atomic E-state index is -3.26. The van der Waals surface area contributed by atoms with Crippen LogP contribution in [0.15, 0.2) is 0 Å². The first kappa shape index (κ1) is 15.8. The smallest absolute Gasteiger partial charge is 0.215 e. The predicted molar refractivity (Wildman–Crippen MR) is 85.6 cm³/mol.